The average Bonchev–Trinajstić information content (AvgIpc) is 3.06. The summed E-state index contributed by atoms with van der Waals surface area (Å²) >= 11 is 0. The summed E-state index contributed by atoms with van der Waals surface area (Å²) in [7, 11) is -4.37. The van der Waals surface area contributed by atoms with Crippen LogP contribution in [0.25, 0.3) is 0 Å². The van der Waals surface area contributed by atoms with E-state index < -0.39 is 36.1 Å². The molecule has 170 valence electrons. The van der Waals surface area contributed by atoms with Crippen LogP contribution < -0.4 is 4.83 Å². The van der Waals surface area contributed by atoms with E-state index in [1.165, 1.54) is 0 Å². The van der Waals surface area contributed by atoms with Crippen molar-refractivity contribution in [2.75, 3.05) is 0 Å². The van der Waals surface area contributed by atoms with Gasteiger partial charge in [-0.2, -0.15) is 18.4 Å². The Labute approximate surface area is 181 Å². The van der Waals surface area contributed by atoms with Gasteiger partial charge in [-0.3, -0.25) is 20.2 Å². The molecule has 0 aromatic heterocycles. The van der Waals surface area contributed by atoms with Crippen LogP contribution in [0.1, 0.15) is 59.3 Å². The Morgan fingerprint density at radius 2 is 1.77 bits per heavy atom. The second kappa shape index (κ2) is 8.52. The van der Waals surface area contributed by atoms with Crippen LogP contribution >= 0.6 is 0 Å². The van der Waals surface area contributed by atoms with Crippen LogP contribution in [-0.4, -0.2) is 24.0 Å². The highest BCUT2D eigenvalue weighted by molar-refractivity contribution is 7.89. The monoisotopic (exact) mass is 452 g/mol. The molecule has 1 aromatic carbocycles. The molecule has 0 radical (unpaired) electrons. The molecule has 1 aromatic rings. The van der Waals surface area contributed by atoms with E-state index in [0.717, 1.165) is 49.9 Å². The van der Waals surface area contributed by atoms with Crippen molar-refractivity contribution in [2.45, 2.75) is 64.2 Å². The standard InChI is InChI=1S/C20H28N4O6S/c1-20(2,3)14-8-7-13-5-4-6-16(13)17(11-14)21-22-31(29,30)19-10-9-15(23(25)26)12-18(19)24(27)28/h9-10,12-14,16,22H,4-8,11H2,1-3H3/b21-17+/t13-,14-,16+/m0/s1. The predicted octanol–water partition coefficient (Wildman–Crippen LogP) is 4.40. The van der Waals surface area contributed by atoms with Crippen molar-refractivity contribution in [3.05, 3.63) is 38.4 Å². The van der Waals surface area contributed by atoms with Crippen LogP contribution in [-0.2, 0) is 10.0 Å². The molecule has 2 fully saturated rings. The molecule has 11 heteroatoms. The maximum atomic E-state index is 12.8. The number of nitro benzene ring substituents is 2. The molecule has 0 saturated heterocycles. The van der Waals surface area contributed by atoms with Crippen LogP contribution in [0, 0.1) is 43.4 Å². The fourth-order valence-electron chi connectivity index (χ4n) is 4.77. The lowest BCUT2D eigenvalue weighted by molar-refractivity contribution is -0.396. The van der Waals surface area contributed by atoms with E-state index in [1.54, 1.807) is 0 Å². The van der Waals surface area contributed by atoms with Gasteiger partial charge in [-0.1, -0.05) is 27.2 Å². The van der Waals surface area contributed by atoms with E-state index in [-0.39, 0.29) is 11.3 Å². The lowest BCUT2D eigenvalue weighted by Gasteiger charge is -2.30. The second-order valence-electron chi connectivity index (χ2n) is 9.51. The number of non-ortho nitro benzene ring substituents is 1. The van der Waals surface area contributed by atoms with Gasteiger partial charge in [0.25, 0.3) is 21.4 Å². The van der Waals surface area contributed by atoms with E-state index in [2.05, 4.69) is 30.7 Å². The molecule has 0 unspecified atom stereocenters. The van der Waals surface area contributed by atoms with Gasteiger partial charge >= 0.3 is 0 Å². The van der Waals surface area contributed by atoms with Gasteiger partial charge in [-0.05, 0) is 55.4 Å². The minimum absolute atomic E-state index is 0.0510. The number of benzene rings is 1. The number of hydrogen-bond acceptors (Lipinski definition) is 7. The van der Waals surface area contributed by atoms with Gasteiger partial charge in [0.1, 0.15) is 0 Å². The molecule has 31 heavy (non-hydrogen) atoms. The lowest BCUT2D eigenvalue weighted by Crippen LogP contribution is -2.28. The molecule has 10 nitrogen and oxygen atoms in total. The summed E-state index contributed by atoms with van der Waals surface area (Å²) in [5, 5.41) is 26.5. The molecule has 1 N–H and O–H groups in total. The third-order valence-electron chi connectivity index (χ3n) is 6.60. The molecule has 3 rings (SSSR count). The molecule has 3 atom stereocenters. The highest BCUT2D eigenvalue weighted by Crippen LogP contribution is 2.45. The molecule has 2 aliphatic carbocycles. The molecule has 2 aliphatic rings. The number of rotatable bonds is 5. The maximum Gasteiger partial charge on any atom is 0.296 e. The summed E-state index contributed by atoms with van der Waals surface area (Å²) in [5.41, 5.74) is -0.556. The predicted molar refractivity (Wildman–Crippen MR) is 115 cm³/mol. The van der Waals surface area contributed by atoms with Crippen LogP contribution in [0.4, 0.5) is 11.4 Å². The topological polar surface area (TPSA) is 145 Å². The summed E-state index contributed by atoms with van der Waals surface area (Å²) in [6.07, 6.45) is 5.96. The van der Waals surface area contributed by atoms with E-state index in [0.29, 0.717) is 24.3 Å². The van der Waals surface area contributed by atoms with Crippen molar-refractivity contribution in [1.29, 1.82) is 0 Å². The normalized spacial score (nSPS) is 25.6. The first-order valence-electron chi connectivity index (χ1n) is 10.4. The maximum absolute atomic E-state index is 12.8. The van der Waals surface area contributed by atoms with Gasteiger partial charge in [0, 0.05) is 17.7 Å². The highest BCUT2D eigenvalue weighted by Gasteiger charge is 2.39. The summed E-state index contributed by atoms with van der Waals surface area (Å²) in [4.78, 5) is 22.1. The number of hydrogen-bond donors (Lipinski definition) is 1. The Morgan fingerprint density at radius 3 is 2.39 bits per heavy atom. The first kappa shape index (κ1) is 23.1. The Bertz CT molecular complexity index is 1010. The minimum Gasteiger partial charge on any atom is -0.258 e. The smallest absolute Gasteiger partial charge is 0.258 e. The van der Waals surface area contributed by atoms with Crippen molar-refractivity contribution in [2.24, 2.45) is 28.3 Å². The number of nitro groups is 2. The van der Waals surface area contributed by atoms with Crippen LogP contribution in [0.15, 0.2) is 28.2 Å². The number of hydrazone groups is 1. The van der Waals surface area contributed by atoms with Gasteiger partial charge in [-0.25, -0.2) is 0 Å². The van der Waals surface area contributed by atoms with E-state index in [1.807, 2.05) is 0 Å². The van der Waals surface area contributed by atoms with Crippen molar-refractivity contribution in [1.82, 2.24) is 4.83 Å². The third kappa shape index (κ3) is 5.03. The SMILES string of the molecule is CC(C)(C)[C@H]1CC[C@@H]2CCC[C@H]2/C(=N/NS(=O)(=O)c2ccc([N+](=O)[O-])cc2[N+](=O)[O-])C1. The lowest BCUT2D eigenvalue weighted by atomic mass is 9.76. The van der Waals surface area contributed by atoms with Gasteiger partial charge in [0.05, 0.1) is 15.9 Å². The fraction of sp³-hybridized carbons (Fsp3) is 0.650. The first-order valence-corrected chi connectivity index (χ1v) is 11.9. The van der Waals surface area contributed by atoms with E-state index >= 15 is 0 Å². The highest BCUT2D eigenvalue weighted by atomic mass is 32.2. The van der Waals surface area contributed by atoms with Gasteiger partial charge in [0.2, 0.25) is 0 Å². The molecule has 0 amide bonds. The molecule has 0 aliphatic heterocycles. The summed E-state index contributed by atoms with van der Waals surface area (Å²) in [6.45, 7) is 6.50. The Balaban J connectivity index is 1.94. The van der Waals surface area contributed by atoms with Crippen molar-refractivity contribution in [3.63, 3.8) is 0 Å². The quantitative estimate of drug-likeness (QED) is 0.518. The number of fused-ring (bicyclic) bond motifs is 1. The Kier molecular flexibility index (Phi) is 6.35. The molecular weight excluding hydrogens is 424 g/mol. The van der Waals surface area contributed by atoms with Gasteiger partial charge < -0.3 is 0 Å². The largest absolute Gasteiger partial charge is 0.296 e. The zero-order valence-corrected chi connectivity index (χ0v) is 18.7. The van der Waals surface area contributed by atoms with Crippen molar-refractivity contribution >= 4 is 27.1 Å². The van der Waals surface area contributed by atoms with Gasteiger partial charge in [0.15, 0.2) is 4.90 Å². The van der Waals surface area contributed by atoms with Crippen LogP contribution in [0.3, 0.4) is 0 Å². The Morgan fingerprint density at radius 1 is 1.06 bits per heavy atom. The van der Waals surface area contributed by atoms with Crippen LogP contribution in [0.5, 0.6) is 0 Å². The first-order chi connectivity index (χ1) is 14.4. The third-order valence-corrected chi connectivity index (χ3v) is 7.86. The van der Waals surface area contributed by atoms with Gasteiger partial charge in [-0.15, -0.1) is 0 Å². The zero-order valence-electron chi connectivity index (χ0n) is 17.9. The molecule has 0 bridgehead atoms. The molecular formula is C20H28N4O6S. The number of nitrogens with zero attached hydrogens (tertiary/aromatic N) is 3. The molecule has 0 heterocycles. The summed E-state index contributed by atoms with van der Waals surface area (Å²) in [5.74, 6) is 1.04. The number of nitrogens with one attached hydrogen (secondary N) is 1. The van der Waals surface area contributed by atoms with Crippen molar-refractivity contribution < 1.29 is 18.3 Å². The second-order valence-corrected chi connectivity index (χ2v) is 11.1. The molecule has 2 saturated carbocycles. The average molecular weight is 453 g/mol. The fourth-order valence-corrected chi connectivity index (χ4v) is 5.76. The zero-order chi connectivity index (χ0) is 23.0. The summed E-state index contributed by atoms with van der Waals surface area (Å²) < 4.78 is 25.7. The molecule has 0 spiro atoms. The van der Waals surface area contributed by atoms with E-state index in [4.69, 9.17) is 0 Å². The number of sulfonamides is 1. The van der Waals surface area contributed by atoms with Crippen LogP contribution in [0.2, 0.25) is 0 Å². The van der Waals surface area contributed by atoms with E-state index in [9.17, 15) is 28.6 Å². The van der Waals surface area contributed by atoms with Crippen molar-refractivity contribution in [3.8, 4) is 0 Å². The summed E-state index contributed by atoms with van der Waals surface area (Å²) in [6, 6.07) is 2.46. The minimum atomic E-state index is -4.37. The Hall–Kier alpha value is -2.56.